The van der Waals surface area contributed by atoms with Crippen molar-refractivity contribution in [3.05, 3.63) is 0 Å². The standard InChI is InChI=1S/C6H12IN2O2/c1-7-9-6(11)4-2-3-5(8)10/h2-4H2,1H3,(H2,8,10)(H,9,11)/q-1. The Morgan fingerprint density at radius 1 is 1.45 bits per heavy atom. The molecule has 11 heavy (non-hydrogen) atoms. The van der Waals surface area contributed by atoms with Gasteiger partial charge in [0.25, 0.3) is 0 Å². The van der Waals surface area contributed by atoms with Crippen LogP contribution in [0.1, 0.15) is 19.3 Å². The van der Waals surface area contributed by atoms with Crippen LogP contribution in [-0.4, -0.2) is 16.7 Å². The zero-order chi connectivity index (χ0) is 8.69. The van der Waals surface area contributed by atoms with E-state index in [4.69, 9.17) is 5.73 Å². The number of amides is 2. The van der Waals surface area contributed by atoms with Crippen LogP contribution in [0.2, 0.25) is 0 Å². The van der Waals surface area contributed by atoms with E-state index in [1.165, 1.54) is 0 Å². The van der Waals surface area contributed by atoms with Crippen molar-refractivity contribution in [1.29, 1.82) is 0 Å². The first kappa shape index (κ1) is 10.7. The van der Waals surface area contributed by atoms with Gasteiger partial charge in [-0.1, -0.05) is 0 Å². The molecule has 0 aromatic rings. The van der Waals surface area contributed by atoms with Gasteiger partial charge in [0.1, 0.15) is 0 Å². The molecule has 2 amide bonds. The predicted molar refractivity (Wildman–Crippen MR) is 37.1 cm³/mol. The van der Waals surface area contributed by atoms with Crippen LogP contribution in [0.5, 0.6) is 0 Å². The SMILES string of the molecule is C[I-]NC(=O)CCCC(N)=O. The second-order valence-electron chi connectivity index (χ2n) is 2.03. The molecule has 66 valence electrons. The summed E-state index contributed by atoms with van der Waals surface area (Å²) in [5.74, 6) is -0.314. The van der Waals surface area contributed by atoms with Crippen molar-refractivity contribution in [2.45, 2.75) is 19.3 Å². The van der Waals surface area contributed by atoms with Gasteiger partial charge < -0.3 is 0 Å². The fourth-order valence-electron chi connectivity index (χ4n) is 0.576. The first-order chi connectivity index (χ1) is 5.16. The third-order valence-electron chi connectivity index (χ3n) is 1.03. The van der Waals surface area contributed by atoms with E-state index < -0.39 is 0 Å². The van der Waals surface area contributed by atoms with Gasteiger partial charge in [0.05, 0.1) is 0 Å². The summed E-state index contributed by atoms with van der Waals surface area (Å²) in [6.45, 7) is 0. The van der Waals surface area contributed by atoms with Crippen molar-refractivity contribution in [1.82, 2.24) is 3.53 Å². The quantitative estimate of drug-likeness (QED) is 0.308. The molecule has 0 aliphatic heterocycles. The number of alkyl halides is 1. The van der Waals surface area contributed by atoms with Crippen LogP contribution in [0.25, 0.3) is 0 Å². The number of hydrogen-bond acceptors (Lipinski definition) is 2. The first-order valence-corrected chi connectivity index (χ1v) is 6.46. The zero-order valence-electron chi connectivity index (χ0n) is 6.39. The second kappa shape index (κ2) is 6.38. The van der Waals surface area contributed by atoms with Gasteiger partial charge in [-0.3, -0.25) is 0 Å². The van der Waals surface area contributed by atoms with E-state index in [-0.39, 0.29) is 33.3 Å². The Kier molecular flexibility index (Phi) is 6.19. The minimum absolute atomic E-state index is 0.0292. The van der Waals surface area contributed by atoms with Crippen molar-refractivity contribution >= 4 is 11.8 Å². The van der Waals surface area contributed by atoms with Gasteiger partial charge in [0.15, 0.2) is 0 Å². The Labute approximate surface area is 76.5 Å². The molecular weight excluding hydrogens is 259 g/mol. The first-order valence-electron chi connectivity index (χ1n) is 3.22. The molecular formula is C6H12IN2O2-. The number of halogens is 1. The maximum atomic E-state index is 10.8. The summed E-state index contributed by atoms with van der Waals surface area (Å²) in [6, 6.07) is 0. The van der Waals surface area contributed by atoms with Crippen molar-refractivity contribution in [2.75, 3.05) is 4.93 Å². The number of nitrogens with two attached hydrogens (primary N) is 1. The Hall–Kier alpha value is -0.330. The molecule has 0 unspecified atom stereocenters. The van der Waals surface area contributed by atoms with Crippen LogP contribution in [0.3, 0.4) is 0 Å². The Bertz CT molecular complexity index is 150. The van der Waals surface area contributed by atoms with E-state index in [9.17, 15) is 9.59 Å². The number of hydrogen-bond donors (Lipinski definition) is 2. The molecule has 0 bridgehead atoms. The summed E-state index contributed by atoms with van der Waals surface area (Å²) in [6.07, 6.45) is 1.27. The molecule has 0 aromatic carbocycles. The average molecular weight is 271 g/mol. The molecule has 0 aliphatic rings. The molecule has 0 atom stereocenters. The summed E-state index contributed by atoms with van der Waals surface area (Å²) in [4.78, 5) is 23.0. The van der Waals surface area contributed by atoms with Gasteiger partial charge in [0.2, 0.25) is 0 Å². The van der Waals surface area contributed by atoms with E-state index in [2.05, 4.69) is 3.53 Å². The molecule has 5 heteroatoms. The van der Waals surface area contributed by atoms with Crippen molar-refractivity contribution in [3.63, 3.8) is 0 Å². The monoisotopic (exact) mass is 271 g/mol. The van der Waals surface area contributed by atoms with Crippen LogP contribution in [0.15, 0.2) is 0 Å². The van der Waals surface area contributed by atoms with Gasteiger partial charge in [-0.05, 0) is 0 Å². The van der Waals surface area contributed by atoms with E-state index in [0.717, 1.165) is 0 Å². The molecule has 3 N–H and O–H groups in total. The number of nitrogens with one attached hydrogen (secondary N) is 1. The van der Waals surface area contributed by atoms with Crippen LogP contribution < -0.4 is 30.7 Å². The summed E-state index contributed by atoms with van der Waals surface area (Å²) < 4.78 is 2.74. The maximum absolute atomic E-state index is 10.8. The molecule has 4 nitrogen and oxygen atoms in total. The van der Waals surface area contributed by atoms with Crippen molar-refractivity contribution in [3.8, 4) is 0 Å². The number of carbonyl (C=O) groups excluding carboxylic acids is 2. The second-order valence-corrected chi connectivity index (χ2v) is 3.64. The van der Waals surface area contributed by atoms with E-state index in [1.54, 1.807) is 0 Å². The van der Waals surface area contributed by atoms with E-state index in [0.29, 0.717) is 19.3 Å². The van der Waals surface area contributed by atoms with E-state index >= 15 is 0 Å². The van der Waals surface area contributed by atoms with Gasteiger partial charge in [0, 0.05) is 0 Å². The third-order valence-corrected chi connectivity index (χ3v) is 2.17. The van der Waals surface area contributed by atoms with Crippen LogP contribution in [0, 0.1) is 0 Å². The summed E-state index contributed by atoms with van der Waals surface area (Å²) in [5, 5.41) is 0. The van der Waals surface area contributed by atoms with Crippen molar-refractivity contribution in [2.24, 2.45) is 5.73 Å². The fraction of sp³-hybridized carbons (Fsp3) is 0.667. The Morgan fingerprint density at radius 2 is 2.09 bits per heavy atom. The van der Waals surface area contributed by atoms with Gasteiger partial charge >= 0.3 is 76.3 Å². The number of rotatable bonds is 5. The van der Waals surface area contributed by atoms with Gasteiger partial charge in [-0.25, -0.2) is 0 Å². The summed E-state index contributed by atoms with van der Waals surface area (Å²) in [5.41, 5.74) is 4.89. The van der Waals surface area contributed by atoms with Crippen LogP contribution in [-0.2, 0) is 9.59 Å². The Morgan fingerprint density at radius 3 is 2.55 bits per heavy atom. The third kappa shape index (κ3) is 7.57. The minimum atomic E-state index is -0.344. The summed E-state index contributed by atoms with van der Waals surface area (Å²) in [7, 11) is 0. The zero-order valence-corrected chi connectivity index (χ0v) is 8.55. The average Bonchev–Trinajstić information content (AvgIpc) is 1.87. The molecule has 0 radical (unpaired) electrons. The molecule has 0 aliphatic carbocycles. The number of carbonyl (C=O) groups is 2. The molecule has 0 spiro atoms. The topological polar surface area (TPSA) is 72.2 Å². The van der Waals surface area contributed by atoms with Crippen LogP contribution in [0.4, 0.5) is 0 Å². The fourth-order valence-corrected chi connectivity index (χ4v) is 1.45. The van der Waals surface area contributed by atoms with Crippen LogP contribution >= 0.6 is 0 Å². The van der Waals surface area contributed by atoms with Gasteiger partial charge in [-0.15, -0.1) is 0 Å². The van der Waals surface area contributed by atoms with E-state index in [1.807, 2.05) is 4.93 Å². The molecule has 0 saturated carbocycles. The normalized spacial score (nSPS) is 9.55. The number of primary amides is 1. The molecule has 0 aromatic heterocycles. The molecule has 0 fully saturated rings. The molecule has 0 heterocycles. The predicted octanol–water partition coefficient (Wildman–Crippen LogP) is -3.61. The summed E-state index contributed by atoms with van der Waals surface area (Å²) >= 11 is -0.182. The Balaban J connectivity index is 3.24. The molecule has 0 saturated heterocycles. The van der Waals surface area contributed by atoms with Crippen molar-refractivity contribution < 1.29 is 31.1 Å². The van der Waals surface area contributed by atoms with Gasteiger partial charge in [-0.2, -0.15) is 0 Å². The molecule has 0 rings (SSSR count).